The number of hydrogen-bond donors (Lipinski definition) is 0. The van der Waals surface area contributed by atoms with Crippen LogP contribution >= 0.6 is 11.8 Å². The summed E-state index contributed by atoms with van der Waals surface area (Å²) in [6.07, 6.45) is 0. The van der Waals surface area contributed by atoms with Gasteiger partial charge in [0, 0.05) is 0 Å². The third-order valence-corrected chi connectivity index (χ3v) is 12.0. The van der Waals surface area contributed by atoms with Crippen molar-refractivity contribution in [3.05, 3.63) is 84.9 Å². The van der Waals surface area contributed by atoms with Gasteiger partial charge in [0.15, 0.2) is 0 Å². The molecule has 2 aliphatic heterocycles. The second-order valence-corrected chi connectivity index (χ2v) is 12.6. The molecule has 0 amide bonds. The third kappa shape index (κ3) is 3.22. The van der Waals surface area contributed by atoms with Crippen LogP contribution in [0.25, 0.3) is 0 Å². The van der Waals surface area contributed by atoms with Crippen molar-refractivity contribution in [2.24, 2.45) is 0 Å². The SMILES string of the molecule is c1ccc2c(c1)Oc1cccc(Sc3cccc4c3[As]c3ccccc3O4)c1[As]2. The van der Waals surface area contributed by atoms with E-state index in [1.54, 1.807) is 0 Å². The monoisotopic (exact) mass is 516 g/mol. The molecule has 29 heavy (non-hydrogen) atoms. The third-order valence-electron chi connectivity index (χ3n) is 4.78. The van der Waals surface area contributed by atoms with E-state index in [0.717, 1.165) is 23.0 Å². The van der Waals surface area contributed by atoms with Crippen molar-refractivity contribution in [1.82, 2.24) is 0 Å². The first-order valence-corrected chi connectivity index (χ1v) is 13.8. The summed E-state index contributed by atoms with van der Waals surface area (Å²) in [4.78, 5) is 2.59. The predicted octanol–water partition coefficient (Wildman–Crippen LogP) is 3.36. The summed E-state index contributed by atoms with van der Waals surface area (Å²) in [5.41, 5.74) is 0. The summed E-state index contributed by atoms with van der Waals surface area (Å²) in [6, 6.07) is 29.7. The van der Waals surface area contributed by atoms with Crippen LogP contribution in [0.15, 0.2) is 94.7 Å². The van der Waals surface area contributed by atoms with Gasteiger partial charge in [0.2, 0.25) is 0 Å². The quantitative estimate of drug-likeness (QED) is 0.329. The van der Waals surface area contributed by atoms with Gasteiger partial charge in [-0.2, -0.15) is 0 Å². The molecule has 0 atom stereocenters. The van der Waals surface area contributed by atoms with Crippen LogP contribution in [0.1, 0.15) is 0 Å². The number of rotatable bonds is 2. The van der Waals surface area contributed by atoms with Gasteiger partial charge in [-0.3, -0.25) is 0 Å². The number of para-hydroxylation sites is 2. The minimum absolute atomic E-state index is 0.0965. The molecule has 0 spiro atoms. The van der Waals surface area contributed by atoms with E-state index in [1.807, 2.05) is 23.9 Å². The molecule has 0 N–H and O–H groups in total. The molecular weight excluding hydrogens is 502 g/mol. The molecule has 2 aliphatic rings. The Morgan fingerprint density at radius 3 is 1.45 bits per heavy atom. The molecule has 2 heterocycles. The first-order valence-electron chi connectivity index (χ1n) is 9.26. The molecular formula is C24H14As2O2S. The molecule has 2 radical (unpaired) electrons. The van der Waals surface area contributed by atoms with Gasteiger partial charge in [-0.1, -0.05) is 0 Å². The van der Waals surface area contributed by atoms with Crippen LogP contribution in [0.2, 0.25) is 0 Å². The number of fused-ring (bicyclic) bond motifs is 4. The van der Waals surface area contributed by atoms with Crippen LogP contribution in [0.4, 0.5) is 0 Å². The van der Waals surface area contributed by atoms with Crippen LogP contribution in [-0.4, -0.2) is 31.5 Å². The van der Waals surface area contributed by atoms with Gasteiger partial charge in [0.05, 0.1) is 0 Å². The van der Waals surface area contributed by atoms with E-state index in [9.17, 15) is 0 Å². The van der Waals surface area contributed by atoms with Crippen LogP contribution in [-0.2, 0) is 0 Å². The second kappa shape index (κ2) is 7.33. The zero-order valence-electron chi connectivity index (χ0n) is 15.2. The molecule has 0 bridgehead atoms. The normalized spacial score (nSPS) is 14.9. The number of ether oxygens (including phenoxy) is 2. The molecule has 4 aromatic rings. The molecule has 0 saturated carbocycles. The Morgan fingerprint density at radius 1 is 0.483 bits per heavy atom. The zero-order chi connectivity index (χ0) is 19.2. The van der Waals surface area contributed by atoms with Gasteiger partial charge in [-0.15, -0.1) is 0 Å². The van der Waals surface area contributed by atoms with Gasteiger partial charge in [0.1, 0.15) is 0 Å². The summed E-state index contributed by atoms with van der Waals surface area (Å²) in [7, 11) is 0. The maximum atomic E-state index is 6.21. The van der Waals surface area contributed by atoms with Crippen molar-refractivity contribution in [2.45, 2.75) is 9.79 Å². The van der Waals surface area contributed by atoms with Crippen LogP contribution in [0, 0.1) is 0 Å². The molecule has 138 valence electrons. The van der Waals surface area contributed by atoms with Crippen LogP contribution in [0.5, 0.6) is 23.0 Å². The van der Waals surface area contributed by atoms with Crippen molar-refractivity contribution in [3.63, 3.8) is 0 Å². The Labute approximate surface area is 187 Å². The molecule has 0 saturated heterocycles. The van der Waals surface area contributed by atoms with E-state index in [0.29, 0.717) is 0 Å². The predicted molar refractivity (Wildman–Crippen MR) is 120 cm³/mol. The molecule has 0 aromatic heterocycles. The molecule has 6 rings (SSSR count). The van der Waals surface area contributed by atoms with Crippen LogP contribution < -0.4 is 26.9 Å². The Kier molecular flexibility index (Phi) is 4.49. The van der Waals surface area contributed by atoms with Crippen molar-refractivity contribution < 1.29 is 9.47 Å². The van der Waals surface area contributed by atoms with E-state index in [-0.39, 0.29) is 31.5 Å². The first kappa shape index (κ1) is 17.8. The average molecular weight is 516 g/mol. The zero-order valence-corrected chi connectivity index (χ0v) is 19.8. The number of benzene rings is 4. The summed E-state index contributed by atoms with van der Waals surface area (Å²) in [6.45, 7) is 0. The fourth-order valence-corrected chi connectivity index (χ4v) is 9.79. The fraction of sp³-hybridized carbons (Fsp3) is 0. The molecule has 0 unspecified atom stereocenters. The standard InChI is InChI=1S/C24H14As2O2S/c1-3-9-17-15(7-1)25-23-19(27-17)11-5-13-21(23)29-22-14-6-12-20-24(22)26-16-8-2-4-10-18(16)28-20/h1-14H. The summed E-state index contributed by atoms with van der Waals surface area (Å²) in [5.74, 6) is 4.03. The van der Waals surface area contributed by atoms with E-state index >= 15 is 0 Å². The molecule has 2 nitrogen and oxygen atoms in total. The Morgan fingerprint density at radius 2 is 0.931 bits per heavy atom. The van der Waals surface area contributed by atoms with E-state index < -0.39 is 0 Å². The Hall–Kier alpha value is -2.05. The molecule has 4 aromatic carbocycles. The van der Waals surface area contributed by atoms with Gasteiger partial charge in [-0.05, 0) is 0 Å². The van der Waals surface area contributed by atoms with Gasteiger partial charge >= 0.3 is 188 Å². The second-order valence-electron chi connectivity index (χ2n) is 6.67. The topological polar surface area (TPSA) is 18.5 Å². The molecule has 0 aliphatic carbocycles. The summed E-state index contributed by atoms with van der Waals surface area (Å²) in [5, 5.41) is 0. The van der Waals surface area contributed by atoms with Gasteiger partial charge < -0.3 is 0 Å². The van der Waals surface area contributed by atoms with Crippen molar-refractivity contribution in [2.75, 3.05) is 0 Å². The average Bonchev–Trinajstić information content (AvgIpc) is 2.77. The maximum absolute atomic E-state index is 6.21. The van der Waals surface area contributed by atoms with Gasteiger partial charge in [0.25, 0.3) is 0 Å². The van der Waals surface area contributed by atoms with Crippen molar-refractivity contribution >= 4 is 60.7 Å². The van der Waals surface area contributed by atoms with Crippen molar-refractivity contribution in [1.29, 1.82) is 0 Å². The van der Waals surface area contributed by atoms with Gasteiger partial charge in [-0.25, -0.2) is 0 Å². The minimum atomic E-state index is -0.0965. The first-order chi connectivity index (χ1) is 14.3. The van der Waals surface area contributed by atoms with E-state index in [1.165, 1.54) is 27.2 Å². The summed E-state index contributed by atoms with van der Waals surface area (Å²) < 4.78 is 17.8. The van der Waals surface area contributed by atoms with Crippen molar-refractivity contribution in [3.8, 4) is 23.0 Å². The van der Waals surface area contributed by atoms with Crippen LogP contribution in [0.3, 0.4) is 0 Å². The Bertz CT molecular complexity index is 1160. The summed E-state index contributed by atoms with van der Waals surface area (Å²) >= 11 is 1.66. The molecule has 0 fully saturated rings. The fourth-order valence-electron chi connectivity index (χ4n) is 3.42. The van der Waals surface area contributed by atoms with E-state index in [2.05, 4.69) is 72.8 Å². The number of hydrogen-bond acceptors (Lipinski definition) is 3. The van der Waals surface area contributed by atoms with E-state index in [4.69, 9.17) is 9.47 Å². The Balaban J connectivity index is 1.38. The molecule has 5 heteroatoms.